The van der Waals surface area contributed by atoms with Crippen molar-refractivity contribution >= 4 is 18.3 Å². The van der Waals surface area contributed by atoms with Crippen molar-refractivity contribution in [2.45, 2.75) is 13.1 Å². The first-order valence-electron chi connectivity index (χ1n) is 5.72. The van der Waals surface area contributed by atoms with Crippen molar-refractivity contribution < 1.29 is 35.0 Å². The van der Waals surface area contributed by atoms with Crippen LogP contribution >= 0.6 is 0 Å². The molecule has 0 amide bonds. The van der Waals surface area contributed by atoms with Crippen molar-refractivity contribution in [2.75, 3.05) is 0 Å². The zero-order valence-corrected chi connectivity index (χ0v) is 11.3. The monoisotopic (exact) mass is 316 g/mol. The zero-order chi connectivity index (χ0) is 16.6. The SMILES string of the molecule is Cc1ccc2c(c1)n(C)c(C(F)(F)F)[n+]2C.F[B-](F)(F)F. The van der Waals surface area contributed by atoms with Gasteiger partial charge < -0.3 is 17.3 Å². The molecule has 0 N–H and O–H groups in total. The second-order valence-corrected chi connectivity index (χ2v) is 4.43. The van der Waals surface area contributed by atoms with Crippen molar-refractivity contribution in [3.8, 4) is 0 Å². The van der Waals surface area contributed by atoms with Gasteiger partial charge in [-0.25, -0.2) is 9.13 Å². The number of hydrogen-bond acceptors (Lipinski definition) is 0. The van der Waals surface area contributed by atoms with Gasteiger partial charge in [0.25, 0.3) is 0 Å². The van der Waals surface area contributed by atoms with E-state index >= 15 is 0 Å². The van der Waals surface area contributed by atoms with Gasteiger partial charge in [-0.15, -0.1) is 0 Å². The van der Waals surface area contributed by atoms with E-state index in [4.69, 9.17) is 0 Å². The summed E-state index contributed by atoms with van der Waals surface area (Å²) >= 11 is 0. The molecule has 10 heteroatoms. The Hall–Kier alpha value is -1.74. The van der Waals surface area contributed by atoms with Crippen molar-refractivity contribution in [3.63, 3.8) is 0 Å². The van der Waals surface area contributed by atoms with Crippen LogP contribution in [0.4, 0.5) is 30.4 Å². The molecular formula is C11H12BF7N2. The van der Waals surface area contributed by atoms with E-state index in [0.29, 0.717) is 11.0 Å². The summed E-state index contributed by atoms with van der Waals surface area (Å²) in [5.74, 6) is -0.645. The number of benzene rings is 1. The van der Waals surface area contributed by atoms with Gasteiger partial charge in [0.15, 0.2) is 11.0 Å². The predicted molar refractivity (Wildman–Crippen MR) is 64.0 cm³/mol. The van der Waals surface area contributed by atoms with E-state index in [1.807, 2.05) is 13.0 Å². The van der Waals surface area contributed by atoms with Crippen molar-refractivity contribution in [3.05, 3.63) is 29.6 Å². The van der Waals surface area contributed by atoms with Gasteiger partial charge in [-0.05, 0) is 24.6 Å². The first-order valence-corrected chi connectivity index (χ1v) is 5.72. The molecule has 0 aliphatic rings. The topological polar surface area (TPSA) is 8.81 Å². The van der Waals surface area contributed by atoms with E-state index < -0.39 is 19.3 Å². The third-order valence-electron chi connectivity index (χ3n) is 2.74. The molecule has 118 valence electrons. The van der Waals surface area contributed by atoms with Gasteiger partial charge in [0.05, 0.1) is 14.1 Å². The molecule has 1 aromatic heterocycles. The summed E-state index contributed by atoms with van der Waals surface area (Å²) in [6.45, 7) is 1.86. The minimum atomic E-state index is -6.00. The maximum absolute atomic E-state index is 12.8. The highest BCUT2D eigenvalue weighted by Gasteiger charge is 2.45. The maximum atomic E-state index is 12.8. The van der Waals surface area contributed by atoms with Crippen LogP contribution in [0.2, 0.25) is 0 Å². The first-order chi connectivity index (χ1) is 9.32. The van der Waals surface area contributed by atoms with Crippen LogP contribution < -0.4 is 4.57 Å². The van der Waals surface area contributed by atoms with Crippen LogP contribution in [0.15, 0.2) is 18.2 Å². The molecule has 0 spiro atoms. The van der Waals surface area contributed by atoms with Crippen LogP contribution in [0, 0.1) is 6.92 Å². The van der Waals surface area contributed by atoms with E-state index in [0.717, 1.165) is 5.56 Å². The Morgan fingerprint density at radius 3 is 2.00 bits per heavy atom. The molecule has 0 bridgehead atoms. The fourth-order valence-electron chi connectivity index (χ4n) is 2.02. The number of halogens is 7. The van der Waals surface area contributed by atoms with Gasteiger partial charge in [-0.1, -0.05) is 6.07 Å². The van der Waals surface area contributed by atoms with Crippen LogP contribution in [0.3, 0.4) is 0 Å². The number of hydrogen-bond donors (Lipinski definition) is 0. The van der Waals surface area contributed by atoms with E-state index in [1.165, 1.54) is 23.2 Å². The molecule has 0 saturated carbocycles. The molecule has 1 heterocycles. The molecule has 1 aromatic carbocycles. The average Bonchev–Trinajstić information content (AvgIpc) is 2.47. The molecule has 0 fully saturated rings. The lowest BCUT2D eigenvalue weighted by atomic mass is 10.2. The number of alkyl halides is 3. The smallest absolute Gasteiger partial charge is 0.418 e. The number of aryl methyl sites for hydroxylation is 3. The van der Waals surface area contributed by atoms with Gasteiger partial charge in [-0.3, -0.25) is 0 Å². The summed E-state index contributed by atoms with van der Waals surface area (Å²) in [6.07, 6.45) is -4.34. The van der Waals surface area contributed by atoms with Crippen LogP contribution in [-0.4, -0.2) is 11.8 Å². The molecule has 0 radical (unpaired) electrons. The zero-order valence-electron chi connectivity index (χ0n) is 11.3. The molecule has 21 heavy (non-hydrogen) atoms. The lowest BCUT2D eigenvalue weighted by Gasteiger charge is -2.01. The number of nitrogens with zero attached hydrogens (tertiary/aromatic N) is 2. The lowest BCUT2D eigenvalue weighted by molar-refractivity contribution is -0.667. The standard InChI is InChI=1S/C11H12F3N2.BF4/c1-7-4-5-8-9(6-7)16(3)10(15(8)2)11(12,13)14;2-1(3,4)5/h4-6H,1-3H3;/q+1;-1. The molecule has 0 atom stereocenters. The minimum absolute atomic E-state index is 0.584. The Balaban J connectivity index is 0.000000383. The van der Waals surface area contributed by atoms with Gasteiger partial charge in [0, 0.05) is 0 Å². The van der Waals surface area contributed by atoms with Crippen LogP contribution in [0.25, 0.3) is 11.0 Å². The van der Waals surface area contributed by atoms with Crippen LogP contribution in [0.1, 0.15) is 11.4 Å². The molecule has 0 saturated heterocycles. The predicted octanol–water partition coefficient (Wildman–Crippen LogP) is 3.63. The highest BCUT2D eigenvalue weighted by atomic mass is 19.5. The number of aromatic nitrogens is 2. The summed E-state index contributed by atoms with van der Waals surface area (Å²) in [7, 11) is -3.13. The van der Waals surface area contributed by atoms with Gasteiger partial charge >= 0.3 is 19.3 Å². The Bertz CT molecular complexity index is 637. The van der Waals surface area contributed by atoms with Crippen molar-refractivity contribution in [1.29, 1.82) is 0 Å². The number of imidazole rings is 1. The van der Waals surface area contributed by atoms with Crippen molar-refractivity contribution in [2.24, 2.45) is 14.1 Å². The summed E-state index contributed by atoms with van der Waals surface area (Å²) in [5.41, 5.74) is 2.12. The quantitative estimate of drug-likeness (QED) is 0.399. The minimum Gasteiger partial charge on any atom is -0.418 e. The Kier molecular flexibility index (Phi) is 4.59. The Labute approximate surface area is 115 Å². The molecule has 0 aliphatic carbocycles. The number of rotatable bonds is 0. The molecule has 2 rings (SSSR count). The Morgan fingerprint density at radius 1 is 1.10 bits per heavy atom. The van der Waals surface area contributed by atoms with Crippen LogP contribution in [0.5, 0.6) is 0 Å². The van der Waals surface area contributed by atoms with Gasteiger partial charge in [0.1, 0.15) is 0 Å². The summed E-state index contributed by atoms with van der Waals surface area (Å²) in [4.78, 5) is 0. The first kappa shape index (κ1) is 17.3. The molecule has 0 unspecified atom stereocenters. The van der Waals surface area contributed by atoms with E-state index in [2.05, 4.69) is 0 Å². The number of fused-ring (bicyclic) bond motifs is 1. The Morgan fingerprint density at radius 2 is 1.57 bits per heavy atom. The van der Waals surface area contributed by atoms with E-state index in [-0.39, 0.29) is 0 Å². The molecule has 2 nitrogen and oxygen atoms in total. The third kappa shape index (κ3) is 4.37. The van der Waals surface area contributed by atoms with Gasteiger partial charge in [-0.2, -0.15) is 13.2 Å². The maximum Gasteiger partial charge on any atom is 0.673 e. The second-order valence-electron chi connectivity index (χ2n) is 4.43. The fraction of sp³-hybridized carbons (Fsp3) is 0.364. The summed E-state index contributed by atoms with van der Waals surface area (Å²) in [5, 5.41) is 0. The van der Waals surface area contributed by atoms with E-state index in [1.54, 1.807) is 12.1 Å². The molecule has 0 aliphatic heterocycles. The fourth-order valence-corrected chi connectivity index (χ4v) is 2.02. The summed E-state index contributed by atoms with van der Waals surface area (Å²) < 4.78 is 79.8. The molecular weight excluding hydrogens is 304 g/mol. The highest BCUT2D eigenvalue weighted by molar-refractivity contribution is 6.50. The van der Waals surface area contributed by atoms with Gasteiger partial charge in [0.2, 0.25) is 0 Å². The lowest BCUT2D eigenvalue weighted by Crippen LogP contribution is -2.37. The largest absolute Gasteiger partial charge is 0.673 e. The second kappa shape index (κ2) is 5.57. The van der Waals surface area contributed by atoms with Crippen molar-refractivity contribution in [1.82, 2.24) is 4.57 Å². The van der Waals surface area contributed by atoms with E-state index in [9.17, 15) is 30.4 Å². The average molecular weight is 316 g/mol. The molecule has 2 aromatic rings. The third-order valence-corrected chi connectivity index (χ3v) is 2.74. The van der Waals surface area contributed by atoms with Crippen LogP contribution in [-0.2, 0) is 20.3 Å². The highest BCUT2D eigenvalue weighted by Crippen LogP contribution is 2.29. The normalized spacial score (nSPS) is 12.3. The summed E-state index contributed by atoms with van der Waals surface area (Å²) in [6, 6.07) is 5.27.